The van der Waals surface area contributed by atoms with Gasteiger partial charge < -0.3 is 5.43 Å². The van der Waals surface area contributed by atoms with Gasteiger partial charge >= 0.3 is 0 Å². The quantitative estimate of drug-likeness (QED) is 0.623. The highest BCUT2D eigenvalue weighted by molar-refractivity contribution is 5.91. The zero-order valence-electron chi connectivity index (χ0n) is 9.59. The van der Waals surface area contributed by atoms with Crippen LogP contribution in [0.3, 0.4) is 0 Å². The van der Waals surface area contributed by atoms with E-state index < -0.39 is 11.6 Å². The zero-order valence-corrected chi connectivity index (χ0v) is 9.59. The van der Waals surface area contributed by atoms with Gasteiger partial charge in [0.25, 0.3) is 0 Å². The Labute approximate surface area is 97.6 Å². The number of hydrogen-bond donors (Lipinski definition) is 2. The SMILES string of the molecule is CC(C)c1cc(NN)c2cc(F)c(F)cc2n1. The first-order valence-electron chi connectivity index (χ1n) is 5.29. The standard InChI is InChI=1S/C12H13F2N3/c1-6(2)10-5-12(17-15)7-3-8(13)9(14)4-11(7)16-10/h3-6H,15H2,1-2H3,(H,16,17). The van der Waals surface area contributed by atoms with Crippen LogP contribution in [-0.2, 0) is 0 Å². The van der Waals surface area contributed by atoms with E-state index in [9.17, 15) is 8.78 Å². The number of halogens is 2. The van der Waals surface area contributed by atoms with E-state index in [0.717, 1.165) is 17.8 Å². The van der Waals surface area contributed by atoms with E-state index in [1.165, 1.54) is 0 Å². The second kappa shape index (κ2) is 4.25. The van der Waals surface area contributed by atoms with Crippen LogP contribution in [0.2, 0.25) is 0 Å². The lowest BCUT2D eigenvalue weighted by Gasteiger charge is -2.11. The van der Waals surface area contributed by atoms with Gasteiger partial charge in [0, 0.05) is 17.1 Å². The van der Waals surface area contributed by atoms with Crippen molar-refractivity contribution in [2.45, 2.75) is 19.8 Å². The molecule has 0 saturated heterocycles. The molecule has 90 valence electrons. The van der Waals surface area contributed by atoms with Crippen molar-refractivity contribution < 1.29 is 8.78 Å². The Morgan fingerprint density at radius 3 is 2.41 bits per heavy atom. The van der Waals surface area contributed by atoms with E-state index >= 15 is 0 Å². The van der Waals surface area contributed by atoms with Crippen LogP contribution in [-0.4, -0.2) is 4.98 Å². The van der Waals surface area contributed by atoms with Crippen LogP contribution in [0.15, 0.2) is 18.2 Å². The lowest BCUT2D eigenvalue weighted by molar-refractivity contribution is 0.510. The predicted octanol–water partition coefficient (Wildman–Crippen LogP) is 2.92. The fourth-order valence-corrected chi connectivity index (χ4v) is 1.66. The molecule has 0 fully saturated rings. The van der Waals surface area contributed by atoms with Crippen LogP contribution in [0.25, 0.3) is 10.9 Å². The van der Waals surface area contributed by atoms with E-state index in [4.69, 9.17) is 5.84 Å². The topological polar surface area (TPSA) is 50.9 Å². The van der Waals surface area contributed by atoms with Crippen LogP contribution in [0, 0.1) is 11.6 Å². The summed E-state index contributed by atoms with van der Waals surface area (Å²) in [6.45, 7) is 3.93. The number of anilines is 1. The Morgan fingerprint density at radius 2 is 1.82 bits per heavy atom. The highest BCUT2D eigenvalue weighted by Crippen LogP contribution is 2.27. The van der Waals surface area contributed by atoms with Crippen molar-refractivity contribution in [1.82, 2.24) is 4.98 Å². The number of nitrogens with one attached hydrogen (secondary N) is 1. The van der Waals surface area contributed by atoms with Gasteiger partial charge in [0.2, 0.25) is 0 Å². The minimum Gasteiger partial charge on any atom is -0.323 e. The summed E-state index contributed by atoms with van der Waals surface area (Å²) in [6.07, 6.45) is 0. The second-order valence-electron chi connectivity index (χ2n) is 4.18. The fourth-order valence-electron chi connectivity index (χ4n) is 1.66. The van der Waals surface area contributed by atoms with Gasteiger partial charge in [0.05, 0.1) is 11.2 Å². The lowest BCUT2D eigenvalue weighted by Crippen LogP contribution is -2.09. The molecule has 0 saturated carbocycles. The van der Waals surface area contributed by atoms with Crippen molar-refractivity contribution in [3.05, 3.63) is 35.5 Å². The average Bonchev–Trinajstić information content (AvgIpc) is 2.29. The summed E-state index contributed by atoms with van der Waals surface area (Å²) in [7, 11) is 0. The van der Waals surface area contributed by atoms with Gasteiger partial charge in [-0.05, 0) is 18.1 Å². The molecule has 0 aliphatic rings. The predicted molar refractivity (Wildman–Crippen MR) is 63.6 cm³/mol. The molecule has 0 atom stereocenters. The average molecular weight is 237 g/mol. The first-order chi connectivity index (χ1) is 8.02. The van der Waals surface area contributed by atoms with Crippen LogP contribution in [0.1, 0.15) is 25.5 Å². The molecule has 1 heterocycles. The summed E-state index contributed by atoms with van der Waals surface area (Å²) in [5, 5.41) is 0.468. The minimum absolute atomic E-state index is 0.180. The van der Waals surface area contributed by atoms with Crippen LogP contribution in [0.5, 0.6) is 0 Å². The summed E-state index contributed by atoms with van der Waals surface area (Å²) in [5.74, 6) is 3.74. The highest BCUT2D eigenvalue weighted by atomic mass is 19.2. The normalized spacial score (nSPS) is 11.2. The van der Waals surface area contributed by atoms with Gasteiger partial charge in [-0.2, -0.15) is 0 Å². The third-order valence-corrected chi connectivity index (χ3v) is 2.62. The summed E-state index contributed by atoms with van der Waals surface area (Å²) >= 11 is 0. The Kier molecular flexibility index (Phi) is 2.93. The van der Waals surface area contributed by atoms with Gasteiger partial charge in [-0.15, -0.1) is 0 Å². The maximum absolute atomic E-state index is 13.2. The minimum atomic E-state index is -0.909. The third kappa shape index (κ3) is 2.06. The molecule has 0 spiro atoms. The number of nitrogens with two attached hydrogens (primary N) is 1. The molecule has 3 N–H and O–H groups in total. The van der Waals surface area contributed by atoms with Gasteiger partial charge in [0.1, 0.15) is 0 Å². The molecule has 5 heteroatoms. The van der Waals surface area contributed by atoms with Crippen molar-refractivity contribution in [2.24, 2.45) is 5.84 Å². The maximum atomic E-state index is 13.2. The van der Waals surface area contributed by atoms with E-state index in [2.05, 4.69) is 10.4 Å². The summed E-state index contributed by atoms with van der Waals surface area (Å²) < 4.78 is 26.3. The van der Waals surface area contributed by atoms with Crippen LogP contribution < -0.4 is 11.3 Å². The molecule has 2 rings (SSSR count). The molecule has 0 aliphatic carbocycles. The maximum Gasteiger partial charge on any atom is 0.161 e. The summed E-state index contributed by atoms with van der Waals surface area (Å²) in [4.78, 5) is 4.28. The molecule has 1 aromatic carbocycles. The number of pyridine rings is 1. The van der Waals surface area contributed by atoms with Crippen LogP contribution in [0.4, 0.5) is 14.5 Å². The molecule has 1 aromatic heterocycles. The summed E-state index contributed by atoms with van der Waals surface area (Å²) in [5.41, 5.74) is 4.19. The molecule has 0 bridgehead atoms. The van der Waals surface area contributed by atoms with Gasteiger partial charge in [0.15, 0.2) is 11.6 Å². The number of benzene rings is 1. The van der Waals surface area contributed by atoms with Gasteiger partial charge in [-0.1, -0.05) is 13.8 Å². The highest BCUT2D eigenvalue weighted by Gasteiger charge is 2.11. The monoisotopic (exact) mass is 237 g/mol. The van der Waals surface area contributed by atoms with Gasteiger partial charge in [-0.3, -0.25) is 10.8 Å². The lowest BCUT2D eigenvalue weighted by atomic mass is 10.1. The molecule has 17 heavy (non-hydrogen) atoms. The first-order valence-corrected chi connectivity index (χ1v) is 5.29. The first kappa shape index (κ1) is 11.7. The van der Waals surface area contributed by atoms with Crippen molar-refractivity contribution in [3.63, 3.8) is 0 Å². The number of rotatable bonds is 2. The van der Waals surface area contributed by atoms with Crippen LogP contribution >= 0.6 is 0 Å². The fraction of sp³-hybridized carbons (Fsp3) is 0.250. The van der Waals surface area contributed by atoms with E-state index in [0.29, 0.717) is 16.6 Å². The van der Waals surface area contributed by atoms with E-state index in [1.807, 2.05) is 13.8 Å². The number of nitrogens with zero attached hydrogens (tertiary/aromatic N) is 1. The smallest absolute Gasteiger partial charge is 0.161 e. The second-order valence-corrected chi connectivity index (χ2v) is 4.18. The van der Waals surface area contributed by atoms with Crippen molar-refractivity contribution in [2.75, 3.05) is 5.43 Å². The largest absolute Gasteiger partial charge is 0.323 e. The molecule has 3 nitrogen and oxygen atoms in total. The molecule has 0 unspecified atom stereocenters. The van der Waals surface area contributed by atoms with E-state index in [-0.39, 0.29) is 5.92 Å². The molecular formula is C12H13F2N3. The Balaban J connectivity index is 2.78. The number of nitrogen functional groups attached to an aromatic ring is 1. The van der Waals surface area contributed by atoms with Gasteiger partial charge in [-0.25, -0.2) is 8.78 Å². The number of hydrogen-bond acceptors (Lipinski definition) is 3. The van der Waals surface area contributed by atoms with E-state index in [1.54, 1.807) is 6.07 Å². The third-order valence-electron chi connectivity index (χ3n) is 2.62. The molecule has 0 amide bonds. The van der Waals surface area contributed by atoms with Crippen molar-refractivity contribution in [3.8, 4) is 0 Å². The Morgan fingerprint density at radius 1 is 1.18 bits per heavy atom. The molecule has 0 aliphatic heterocycles. The van der Waals surface area contributed by atoms with Crippen molar-refractivity contribution in [1.29, 1.82) is 0 Å². The summed E-state index contributed by atoms with van der Waals surface area (Å²) in [6, 6.07) is 3.92. The zero-order chi connectivity index (χ0) is 12.6. The number of aromatic nitrogens is 1. The Hall–Kier alpha value is -1.75. The molecular weight excluding hydrogens is 224 g/mol. The number of fused-ring (bicyclic) bond motifs is 1. The molecule has 0 radical (unpaired) electrons. The molecule has 2 aromatic rings. The van der Waals surface area contributed by atoms with Crippen molar-refractivity contribution >= 4 is 16.6 Å². The Bertz CT molecular complexity index is 567. The number of hydrazine groups is 1.